The molecule has 0 aliphatic rings. The fraction of sp³-hybridized carbons (Fsp3) is 0.100. The summed E-state index contributed by atoms with van der Waals surface area (Å²) in [6.45, 7) is -0.0286. The summed E-state index contributed by atoms with van der Waals surface area (Å²) in [6, 6.07) is 12.9. The summed E-state index contributed by atoms with van der Waals surface area (Å²) in [6.07, 6.45) is 1.44. The maximum Gasteiger partial charge on any atom is 0.339 e. The van der Waals surface area contributed by atoms with Gasteiger partial charge in [-0.1, -0.05) is 12.1 Å². The number of hydrogen-bond acceptors (Lipinski definition) is 6. The predicted octanol–water partition coefficient (Wildman–Crippen LogP) is 4.04. The first-order chi connectivity index (χ1) is 14.3. The van der Waals surface area contributed by atoms with Crippen LogP contribution in [0.2, 0.25) is 0 Å². The molecule has 0 atom stereocenters. The van der Waals surface area contributed by atoms with E-state index in [4.69, 9.17) is 4.74 Å². The molecular weight excluding hydrogens is 479 g/mol. The molecule has 2 aromatic carbocycles. The maximum absolute atomic E-state index is 13.2. The number of nitrogens with zero attached hydrogens (tertiary/aromatic N) is 1. The fourth-order valence-corrected chi connectivity index (χ4v) is 3.88. The highest BCUT2D eigenvalue weighted by molar-refractivity contribution is 9.10. The van der Waals surface area contributed by atoms with E-state index in [0.717, 1.165) is 0 Å². The first-order valence-electron chi connectivity index (χ1n) is 8.54. The summed E-state index contributed by atoms with van der Waals surface area (Å²) in [4.78, 5) is 15.8. The lowest BCUT2D eigenvalue weighted by atomic mass is 10.2. The molecule has 0 spiro atoms. The van der Waals surface area contributed by atoms with Crippen LogP contribution in [0.25, 0.3) is 0 Å². The summed E-state index contributed by atoms with van der Waals surface area (Å²) < 4.78 is 51.3. The minimum Gasteiger partial charge on any atom is -0.465 e. The molecule has 1 N–H and O–H groups in total. The van der Waals surface area contributed by atoms with Crippen LogP contribution in [-0.2, 0) is 21.3 Å². The number of aromatic nitrogens is 1. The van der Waals surface area contributed by atoms with Gasteiger partial charge in [-0.2, -0.15) is 0 Å². The van der Waals surface area contributed by atoms with E-state index in [1.54, 1.807) is 18.2 Å². The molecule has 3 rings (SSSR count). The number of hydrogen-bond donors (Lipinski definition) is 1. The van der Waals surface area contributed by atoms with Crippen molar-refractivity contribution >= 4 is 31.9 Å². The van der Waals surface area contributed by atoms with Crippen LogP contribution in [0.4, 0.5) is 4.39 Å². The van der Waals surface area contributed by atoms with Crippen molar-refractivity contribution in [1.82, 2.24) is 9.71 Å². The standard InChI is InChI=1S/C20H16BrFN2O5S/c1-28-20(25)17-10-16(6-7-18(17)21)30(26,27)24-12-13-5-8-19(23-11-13)29-15-4-2-3-14(22)9-15/h2-11,24H,12H2,1H3. The van der Waals surface area contributed by atoms with Crippen molar-refractivity contribution in [3.05, 3.63) is 82.2 Å². The number of halogens is 2. The third-order valence-corrected chi connectivity index (χ3v) is 6.03. The van der Waals surface area contributed by atoms with E-state index in [1.165, 1.54) is 49.7 Å². The second kappa shape index (κ2) is 9.33. The number of esters is 1. The highest BCUT2D eigenvalue weighted by atomic mass is 79.9. The number of ether oxygens (including phenoxy) is 2. The van der Waals surface area contributed by atoms with Gasteiger partial charge in [0.2, 0.25) is 15.9 Å². The van der Waals surface area contributed by atoms with E-state index in [9.17, 15) is 17.6 Å². The molecule has 10 heteroatoms. The number of sulfonamides is 1. The molecule has 0 radical (unpaired) electrons. The molecule has 0 unspecified atom stereocenters. The lowest BCUT2D eigenvalue weighted by molar-refractivity contribution is 0.0599. The van der Waals surface area contributed by atoms with Crippen molar-refractivity contribution in [3.8, 4) is 11.6 Å². The third-order valence-electron chi connectivity index (χ3n) is 3.94. The summed E-state index contributed by atoms with van der Waals surface area (Å²) in [5.74, 6) is -0.547. The van der Waals surface area contributed by atoms with Gasteiger partial charge in [0.25, 0.3) is 0 Å². The number of benzene rings is 2. The highest BCUT2D eigenvalue weighted by Crippen LogP contribution is 2.23. The Kier molecular flexibility index (Phi) is 6.80. The Hall–Kier alpha value is -2.82. The zero-order chi connectivity index (χ0) is 21.7. The monoisotopic (exact) mass is 494 g/mol. The lowest BCUT2D eigenvalue weighted by Crippen LogP contribution is -2.23. The van der Waals surface area contributed by atoms with Gasteiger partial charge in [0.1, 0.15) is 11.6 Å². The topological polar surface area (TPSA) is 94.6 Å². The number of rotatable bonds is 7. The van der Waals surface area contributed by atoms with Crippen LogP contribution in [0.1, 0.15) is 15.9 Å². The van der Waals surface area contributed by atoms with Crippen molar-refractivity contribution in [2.24, 2.45) is 0 Å². The van der Waals surface area contributed by atoms with Gasteiger partial charge in [-0.25, -0.2) is 27.3 Å². The number of carbonyl (C=O) groups excluding carboxylic acids is 1. The molecule has 7 nitrogen and oxygen atoms in total. The molecule has 30 heavy (non-hydrogen) atoms. The normalized spacial score (nSPS) is 11.2. The van der Waals surface area contributed by atoms with E-state index >= 15 is 0 Å². The van der Waals surface area contributed by atoms with E-state index in [1.807, 2.05) is 0 Å². The zero-order valence-electron chi connectivity index (χ0n) is 15.6. The second-order valence-corrected chi connectivity index (χ2v) is 8.64. The zero-order valence-corrected chi connectivity index (χ0v) is 18.0. The molecule has 3 aromatic rings. The van der Waals surface area contributed by atoms with Crippen LogP contribution in [-0.4, -0.2) is 26.5 Å². The second-order valence-electron chi connectivity index (χ2n) is 6.02. The van der Waals surface area contributed by atoms with Crippen molar-refractivity contribution in [3.63, 3.8) is 0 Å². The van der Waals surface area contributed by atoms with Crippen molar-refractivity contribution < 1.29 is 27.1 Å². The van der Waals surface area contributed by atoms with Crippen LogP contribution in [0, 0.1) is 5.82 Å². The van der Waals surface area contributed by atoms with E-state index in [-0.39, 0.29) is 22.9 Å². The van der Waals surface area contributed by atoms with Crippen LogP contribution < -0.4 is 9.46 Å². The van der Waals surface area contributed by atoms with E-state index in [0.29, 0.717) is 15.8 Å². The summed E-state index contributed by atoms with van der Waals surface area (Å²) in [5, 5.41) is 0. The SMILES string of the molecule is COC(=O)c1cc(S(=O)(=O)NCc2ccc(Oc3cccc(F)c3)nc2)ccc1Br. The Morgan fingerprint density at radius 1 is 1.17 bits per heavy atom. The van der Waals surface area contributed by atoms with Gasteiger partial charge in [-0.3, -0.25) is 0 Å². The molecule has 1 heterocycles. The van der Waals surface area contributed by atoms with Crippen molar-refractivity contribution in [2.45, 2.75) is 11.4 Å². The Morgan fingerprint density at radius 2 is 1.97 bits per heavy atom. The van der Waals surface area contributed by atoms with Gasteiger partial charge in [0.05, 0.1) is 17.6 Å². The first-order valence-corrected chi connectivity index (χ1v) is 10.8. The fourth-order valence-electron chi connectivity index (χ4n) is 2.43. The molecular formula is C20H16BrFN2O5S. The van der Waals surface area contributed by atoms with E-state index in [2.05, 4.69) is 30.4 Å². The number of carbonyl (C=O) groups is 1. The van der Waals surface area contributed by atoms with Crippen LogP contribution in [0.15, 0.2) is 70.2 Å². The van der Waals surface area contributed by atoms with Crippen LogP contribution in [0.5, 0.6) is 11.6 Å². The number of methoxy groups -OCH3 is 1. The smallest absolute Gasteiger partial charge is 0.339 e. The largest absolute Gasteiger partial charge is 0.465 e. The number of pyridine rings is 1. The summed E-state index contributed by atoms with van der Waals surface area (Å²) in [7, 11) is -2.67. The van der Waals surface area contributed by atoms with Crippen LogP contribution in [0.3, 0.4) is 0 Å². The first kappa shape index (κ1) is 21.9. The average Bonchev–Trinajstić information content (AvgIpc) is 2.73. The maximum atomic E-state index is 13.2. The molecule has 1 aromatic heterocycles. The Labute approximate surface area is 181 Å². The molecule has 0 fully saturated rings. The van der Waals surface area contributed by atoms with Crippen molar-refractivity contribution in [2.75, 3.05) is 7.11 Å². The summed E-state index contributed by atoms with van der Waals surface area (Å²) in [5.41, 5.74) is 0.677. The molecule has 0 aliphatic heterocycles. The molecule has 156 valence electrons. The van der Waals surface area contributed by atoms with E-state index < -0.39 is 21.8 Å². The minimum atomic E-state index is -3.88. The van der Waals surface area contributed by atoms with Gasteiger partial charge in [-0.05, 0) is 51.8 Å². The Balaban J connectivity index is 1.68. The Bertz CT molecular complexity index is 1170. The minimum absolute atomic E-state index is 0.0286. The van der Waals surface area contributed by atoms with Gasteiger partial charge in [0.15, 0.2) is 0 Å². The molecule has 0 amide bonds. The van der Waals surface area contributed by atoms with Gasteiger partial charge < -0.3 is 9.47 Å². The molecule has 0 saturated heterocycles. The highest BCUT2D eigenvalue weighted by Gasteiger charge is 2.19. The lowest BCUT2D eigenvalue weighted by Gasteiger charge is -2.10. The molecule has 0 saturated carbocycles. The van der Waals surface area contributed by atoms with Gasteiger partial charge in [0, 0.05) is 29.3 Å². The molecule has 0 aliphatic carbocycles. The number of nitrogens with one attached hydrogen (secondary N) is 1. The molecule has 0 bridgehead atoms. The Morgan fingerprint density at radius 3 is 2.63 bits per heavy atom. The quantitative estimate of drug-likeness (QED) is 0.498. The predicted molar refractivity (Wildman–Crippen MR) is 110 cm³/mol. The van der Waals surface area contributed by atoms with Gasteiger partial charge in [-0.15, -0.1) is 0 Å². The summed E-state index contributed by atoms with van der Waals surface area (Å²) >= 11 is 3.19. The van der Waals surface area contributed by atoms with Crippen LogP contribution >= 0.6 is 15.9 Å². The third kappa shape index (κ3) is 5.41. The average molecular weight is 495 g/mol. The van der Waals surface area contributed by atoms with Crippen molar-refractivity contribution in [1.29, 1.82) is 0 Å². The van der Waals surface area contributed by atoms with Gasteiger partial charge >= 0.3 is 5.97 Å².